The molecule has 1 aliphatic heterocycles. The third-order valence-corrected chi connectivity index (χ3v) is 1.67. The molecule has 0 bridgehead atoms. The minimum Gasteiger partial charge on any atom is -0.349 e. The second-order valence-corrected chi connectivity index (χ2v) is 3.00. The molecular formula is C10H18O3. The number of hydrogen-bond donors (Lipinski definition) is 0. The van der Waals surface area contributed by atoms with Gasteiger partial charge in [0.05, 0.1) is 0 Å². The van der Waals surface area contributed by atoms with Crippen LogP contribution in [-0.4, -0.2) is 25.8 Å². The van der Waals surface area contributed by atoms with E-state index in [9.17, 15) is 0 Å². The van der Waals surface area contributed by atoms with E-state index in [0.29, 0.717) is 0 Å². The van der Waals surface area contributed by atoms with Crippen molar-refractivity contribution in [2.75, 3.05) is 13.2 Å². The molecule has 0 radical (unpaired) electrons. The first-order chi connectivity index (χ1) is 6.36. The van der Waals surface area contributed by atoms with E-state index in [2.05, 4.69) is 13.8 Å². The average Bonchev–Trinajstić information content (AvgIpc) is 2.59. The van der Waals surface area contributed by atoms with Gasteiger partial charge in [0.25, 0.3) is 0 Å². The predicted octanol–water partition coefficient (Wildman–Crippen LogP) is 2.08. The number of hydrogen-bond acceptors (Lipinski definition) is 3. The fourth-order valence-electron chi connectivity index (χ4n) is 1.06. The first-order valence-corrected chi connectivity index (χ1v) is 4.93. The standard InChI is InChI=1S/C10H18O3/c1-3-7-11-9-5-6-10(13-9)12-8-4-2/h5-6,9-10H,3-4,7-8H2,1-2H3. The highest BCUT2D eigenvalue weighted by Crippen LogP contribution is 2.13. The lowest BCUT2D eigenvalue weighted by molar-refractivity contribution is -0.193. The quantitative estimate of drug-likeness (QED) is 0.594. The van der Waals surface area contributed by atoms with Gasteiger partial charge in [-0.05, 0) is 25.0 Å². The van der Waals surface area contributed by atoms with Gasteiger partial charge in [-0.25, -0.2) is 0 Å². The van der Waals surface area contributed by atoms with Crippen LogP contribution in [0.3, 0.4) is 0 Å². The van der Waals surface area contributed by atoms with Crippen molar-refractivity contribution in [2.24, 2.45) is 0 Å². The Bertz CT molecular complexity index is 140. The van der Waals surface area contributed by atoms with E-state index < -0.39 is 0 Å². The van der Waals surface area contributed by atoms with E-state index in [4.69, 9.17) is 14.2 Å². The third-order valence-electron chi connectivity index (χ3n) is 1.67. The second-order valence-electron chi connectivity index (χ2n) is 3.00. The highest BCUT2D eigenvalue weighted by Gasteiger charge is 2.18. The van der Waals surface area contributed by atoms with Crippen molar-refractivity contribution < 1.29 is 14.2 Å². The van der Waals surface area contributed by atoms with Crippen LogP contribution in [0.15, 0.2) is 12.2 Å². The lowest BCUT2D eigenvalue weighted by atomic mass is 10.5. The molecule has 1 rings (SSSR count). The fraction of sp³-hybridized carbons (Fsp3) is 0.800. The summed E-state index contributed by atoms with van der Waals surface area (Å²) < 4.78 is 16.2. The maximum Gasteiger partial charge on any atom is 0.180 e. The van der Waals surface area contributed by atoms with Crippen molar-refractivity contribution in [1.82, 2.24) is 0 Å². The molecule has 0 aromatic rings. The Morgan fingerprint density at radius 2 is 1.46 bits per heavy atom. The maximum absolute atomic E-state index is 5.41. The Kier molecular flexibility index (Phi) is 5.05. The van der Waals surface area contributed by atoms with E-state index in [1.165, 1.54) is 0 Å². The summed E-state index contributed by atoms with van der Waals surface area (Å²) in [6, 6.07) is 0. The third kappa shape index (κ3) is 3.89. The Morgan fingerprint density at radius 3 is 1.85 bits per heavy atom. The van der Waals surface area contributed by atoms with Crippen LogP contribution in [0, 0.1) is 0 Å². The van der Waals surface area contributed by atoms with Gasteiger partial charge >= 0.3 is 0 Å². The number of rotatable bonds is 6. The van der Waals surface area contributed by atoms with Crippen LogP contribution in [0.1, 0.15) is 26.7 Å². The lowest BCUT2D eigenvalue weighted by Gasteiger charge is -2.14. The van der Waals surface area contributed by atoms with Crippen LogP contribution < -0.4 is 0 Å². The Morgan fingerprint density at radius 1 is 1.00 bits per heavy atom. The molecule has 3 nitrogen and oxygen atoms in total. The summed E-state index contributed by atoms with van der Waals surface area (Å²) in [6.45, 7) is 5.61. The van der Waals surface area contributed by atoms with Gasteiger partial charge in [0, 0.05) is 13.2 Å². The van der Waals surface area contributed by atoms with Crippen molar-refractivity contribution in [3.63, 3.8) is 0 Å². The highest BCUT2D eigenvalue weighted by molar-refractivity contribution is 4.95. The molecular weight excluding hydrogens is 168 g/mol. The minimum absolute atomic E-state index is 0.207. The summed E-state index contributed by atoms with van der Waals surface area (Å²) in [5.41, 5.74) is 0. The molecule has 0 aromatic carbocycles. The molecule has 0 aliphatic carbocycles. The molecule has 13 heavy (non-hydrogen) atoms. The van der Waals surface area contributed by atoms with E-state index in [-0.39, 0.29) is 12.6 Å². The van der Waals surface area contributed by atoms with Crippen molar-refractivity contribution in [3.05, 3.63) is 12.2 Å². The predicted molar refractivity (Wildman–Crippen MR) is 50.3 cm³/mol. The van der Waals surface area contributed by atoms with Crippen molar-refractivity contribution >= 4 is 0 Å². The Hall–Kier alpha value is -0.380. The maximum atomic E-state index is 5.41. The van der Waals surface area contributed by atoms with Gasteiger partial charge in [0.1, 0.15) is 0 Å². The summed E-state index contributed by atoms with van der Waals surface area (Å²) in [4.78, 5) is 0. The molecule has 2 unspecified atom stereocenters. The minimum atomic E-state index is -0.207. The van der Waals surface area contributed by atoms with E-state index >= 15 is 0 Å². The zero-order valence-electron chi connectivity index (χ0n) is 8.36. The van der Waals surface area contributed by atoms with Gasteiger partial charge in [-0.2, -0.15) is 0 Å². The normalized spacial score (nSPS) is 26.9. The van der Waals surface area contributed by atoms with Crippen molar-refractivity contribution in [3.8, 4) is 0 Å². The molecule has 0 aromatic heterocycles. The van der Waals surface area contributed by atoms with Crippen molar-refractivity contribution in [2.45, 2.75) is 39.3 Å². The SMILES string of the molecule is CCCOC1C=CC(OCCC)O1. The van der Waals surface area contributed by atoms with Gasteiger partial charge in [0.15, 0.2) is 12.6 Å². The topological polar surface area (TPSA) is 27.7 Å². The van der Waals surface area contributed by atoms with Crippen LogP contribution >= 0.6 is 0 Å². The summed E-state index contributed by atoms with van der Waals surface area (Å²) in [5, 5.41) is 0. The molecule has 0 saturated carbocycles. The highest BCUT2D eigenvalue weighted by atomic mass is 16.8. The second kappa shape index (κ2) is 6.13. The van der Waals surface area contributed by atoms with E-state index in [0.717, 1.165) is 26.1 Å². The summed E-state index contributed by atoms with van der Waals surface area (Å²) in [7, 11) is 0. The van der Waals surface area contributed by atoms with Crippen LogP contribution in [0.2, 0.25) is 0 Å². The lowest BCUT2D eigenvalue weighted by Crippen LogP contribution is -2.18. The van der Waals surface area contributed by atoms with Crippen LogP contribution in [0.4, 0.5) is 0 Å². The van der Waals surface area contributed by atoms with Crippen molar-refractivity contribution in [1.29, 1.82) is 0 Å². The summed E-state index contributed by atoms with van der Waals surface area (Å²) >= 11 is 0. The zero-order chi connectivity index (χ0) is 9.52. The molecule has 2 atom stereocenters. The smallest absolute Gasteiger partial charge is 0.180 e. The van der Waals surface area contributed by atoms with Crippen LogP contribution in [0.25, 0.3) is 0 Å². The zero-order valence-corrected chi connectivity index (χ0v) is 8.36. The molecule has 0 N–H and O–H groups in total. The average molecular weight is 186 g/mol. The first kappa shape index (κ1) is 10.7. The Balaban J connectivity index is 2.10. The molecule has 3 heteroatoms. The fourth-order valence-corrected chi connectivity index (χ4v) is 1.06. The molecule has 1 heterocycles. The van der Waals surface area contributed by atoms with Gasteiger partial charge < -0.3 is 14.2 Å². The molecule has 0 amide bonds. The molecule has 0 spiro atoms. The summed E-state index contributed by atoms with van der Waals surface area (Å²) in [6.07, 6.45) is 5.40. The first-order valence-electron chi connectivity index (χ1n) is 4.93. The molecule has 0 fully saturated rings. The summed E-state index contributed by atoms with van der Waals surface area (Å²) in [5.74, 6) is 0. The van der Waals surface area contributed by atoms with Gasteiger partial charge in [-0.15, -0.1) is 0 Å². The molecule has 1 aliphatic rings. The molecule has 76 valence electrons. The number of ether oxygens (including phenoxy) is 3. The van der Waals surface area contributed by atoms with Crippen LogP contribution in [0.5, 0.6) is 0 Å². The molecule has 0 saturated heterocycles. The Labute approximate surface area is 79.7 Å². The van der Waals surface area contributed by atoms with Gasteiger partial charge in [-0.3, -0.25) is 0 Å². The van der Waals surface area contributed by atoms with Gasteiger partial charge in [-0.1, -0.05) is 13.8 Å². The largest absolute Gasteiger partial charge is 0.349 e. The van der Waals surface area contributed by atoms with Crippen LogP contribution in [-0.2, 0) is 14.2 Å². The van der Waals surface area contributed by atoms with E-state index in [1.54, 1.807) is 0 Å². The monoisotopic (exact) mass is 186 g/mol. The van der Waals surface area contributed by atoms with Gasteiger partial charge in [0.2, 0.25) is 0 Å². The van der Waals surface area contributed by atoms with E-state index in [1.807, 2.05) is 12.2 Å².